The van der Waals surface area contributed by atoms with E-state index >= 15 is 0 Å². The van der Waals surface area contributed by atoms with E-state index in [-0.39, 0.29) is 12.0 Å². The number of hydrogen-bond acceptors (Lipinski definition) is 5. The summed E-state index contributed by atoms with van der Waals surface area (Å²) in [7, 11) is 3.18. The van der Waals surface area contributed by atoms with E-state index in [0.29, 0.717) is 30.5 Å². The molecular formula is C21H24N2O4. The van der Waals surface area contributed by atoms with Crippen molar-refractivity contribution in [3.05, 3.63) is 53.7 Å². The number of amides is 1. The summed E-state index contributed by atoms with van der Waals surface area (Å²) in [4.78, 5) is 18.6. The maximum Gasteiger partial charge on any atom is 0.246 e. The van der Waals surface area contributed by atoms with E-state index in [9.17, 15) is 4.79 Å². The van der Waals surface area contributed by atoms with Gasteiger partial charge in [0.1, 0.15) is 6.10 Å². The van der Waals surface area contributed by atoms with Crippen molar-refractivity contribution in [1.29, 1.82) is 0 Å². The number of hydrogen-bond donors (Lipinski definition) is 0. The van der Waals surface area contributed by atoms with Crippen molar-refractivity contribution in [1.82, 2.24) is 9.88 Å². The van der Waals surface area contributed by atoms with E-state index in [4.69, 9.17) is 14.2 Å². The van der Waals surface area contributed by atoms with E-state index in [0.717, 1.165) is 17.7 Å². The Bertz CT molecular complexity index is 835. The van der Waals surface area contributed by atoms with E-state index in [1.807, 2.05) is 43.3 Å². The molecule has 1 unspecified atom stereocenters. The van der Waals surface area contributed by atoms with Crippen LogP contribution in [0.15, 0.2) is 42.5 Å². The third-order valence-electron chi connectivity index (χ3n) is 4.43. The minimum absolute atomic E-state index is 0.0299. The number of carbonyl (C=O) groups excluding carboxylic acids is 1. The lowest BCUT2D eigenvalue weighted by Crippen LogP contribution is -2.29. The predicted octanol–water partition coefficient (Wildman–Crippen LogP) is 3.10. The smallest absolute Gasteiger partial charge is 0.246 e. The molecule has 1 aliphatic rings. The molecule has 0 aliphatic carbocycles. The molecule has 0 spiro atoms. The molecule has 1 aliphatic heterocycles. The van der Waals surface area contributed by atoms with Gasteiger partial charge in [-0.05, 0) is 36.8 Å². The lowest BCUT2D eigenvalue weighted by Gasteiger charge is -2.15. The van der Waals surface area contributed by atoms with Crippen molar-refractivity contribution in [3.8, 4) is 17.4 Å². The van der Waals surface area contributed by atoms with Crippen LogP contribution < -0.4 is 14.2 Å². The molecule has 1 aromatic carbocycles. The number of likely N-dealkylation sites (tertiary alicyclic amines) is 1. The second-order valence-corrected chi connectivity index (χ2v) is 6.38. The van der Waals surface area contributed by atoms with E-state index in [1.165, 1.54) is 0 Å². The first-order chi connectivity index (χ1) is 13.1. The Balaban J connectivity index is 1.58. The van der Waals surface area contributed by atoms with Crippen LogP contribution in [0, 0.1) is 6.92 Å². The highest BCUT2D eigenvalue weighted by Crippen LogP contribution is 2.28. The molecule has 2 aromatic rings. The number of ether oxygens (including phenoxy) is 3. The van der Waals surface area contributed by atoms with Gasteiger partial charge in [0.2, 0.25) is 11.8 Å². The van der Waals surface area contributed by atoms with Gasteiger partial charge in [0.15, 0.2) is 11.5 Å². The fraction of sp³-hybridized carbons (Fsp3) is 0.333. The highest BCUT2D eigenvalue weighted by Gasteiger charge is 2.26. The number of carbonyl (C=O) groups is 1. The molecule has 3 rings (SSSR count). The normalized spacial score (nSPS) is 16.6. The monoisotopic (exact) mass is 368 g/mol. The van der Waals surface area contributed by atoms with Crippen molar-refractivity contribution in [3.63, 3.8) is 0 Å². The van der Waals surface area contributed by atoms with E-state index < -0.39 is 0 Å². The van der Waals surface area contributed by atoms with Gasteiger partial charge in [0, 0.05) is 30.8 Å². The number of benzene rings is 1. The Kier molecular flexibility index (Phi) is 5.96. The van der Waals surface area contributed by atoms with Crippen LogP contribution in [0.2, 0.25) is 0 Å². The third kappa shape index (κ3) is 4.78. The molecule has 0 N–H and O–H groups in total. The zero-order chi connectivity index (χ0) is 19.2. The molecule has 6 heteroatoms. The Hall–Kier alpha value is -3.02. The molecule has 6 nitrogen and oxygen atoms in total. The van der Waals surface area contributed by atoms with Crippen LogP contribution in [-0.2, 0) is 4.79 Å². The van der Waals surface area contributed by atoms with Gasteiger partial charge < -0.3 is 19.1 Å². The van der Waals surface area contributed by atoms with Crippen molar-refractivity contribution in [2.45, 2.75) is 19.4 Å². The van der Waals surface area contributed by atoms with Crippen LogP contribution >= 0.6 is 0 Å². The fourth-order valence-electron chi connectivity index (χ4n) is 3.01. The van der Waals surface area contributed by atoms with Gasteiger partial charge >= 0.3 is 0 Å². The highest BCUT2D eigenvalue weighted by atomic mass is 16.5. The van der Waals surface area contributed by atoms with Gasteiger partial charge in [0.05, 0.1) is 20.8 Å². The summed E-state index contributed by atoms with van der Waals surface area (Å²) in [6.07, 6.45) is 4.12. The maximum absolute atomic E-state index is 12.5. The third-order valence-corrected chi connectivity index (χ3v) is 4.43. The minimum Gasteiger partial charge on any atom is -0.493 e. The summed E-state index contributed by atoms with van der Waals surface area (Å²) in [6.45, 7) is 3.16. The molecule has 1 aromatic heterocycles. The summed E-state index contributed by atoms with van der Waals surface area (Å²) in [5.41, 5.74) is 1.79. The molecule has 142 valence electrons. The number of nitrogens with zero attached hydrogens (tertiary/aromatic N) is 2. The number of pyridine rings is 1. The average Bonchev–Trinajstić information content (AvgIpc) is 3.14. The summed E-state index contributed by atoms with van der Waals surface area (Å²) < 4.78 is 16.4. The second kappa shape index (κ2) is 8.58. The minimum atomic E-state index is -0.0342. The first-order valence-corrected chi connectivity index (χ1v) is 8.88. The lowest BCUT2D eigenvalue weighted by atomic mass is 10.2. The van der Waals surface area contributed by atoms with Crippen LogP contribution in [0.25, 0.3) is 6.08 Å². The number of methoxy groups -OCH3 is 2. The summed E-state index contributed by atoms with van der Waals surface area (Å²) >= 11 is 0. The fourth-order valence-corrected chi connectivity index (χ4v) is 3.01. The van der Waals surface area contributed by atoms with Gasteiger partial charge in [-0.2, -0.15) is 0 Å². The van der Waals surface area contributed by atoms with Crippen molar-refractivity contribution >= 4 is 12.0 Å². The Morgan fingerprint density at radius 3 is 2.74 bits per heavy atom. The Morgan fingerprint density at radius 2 is 2.00 bits per heavy atom. The standard InChI is InChI=1S/C21H24N2O4/c1-15-5-4-6-20(22-15)27-17-11-12-23(14-17)21(24)10-8-16-7-9-18(25-2)19(13-16)26-3/h4-10,13,17H,11-12,14H2,1-3H3/b10-8+. The maximum atomic E-state index is 12.5. The first-order valence-electron chi connectivity index (χ1n) is 8.88. The van der Waals surface area contributed by atoms with E-state index in [1.54, 1.807) is 31.3 Å². The zero-order valence-electron chi connectivity index (χ0n) is 15.8. The molecule has 0 bridgehead atoms. The topological polar surface area (TPSA) is 60.9 Å². The van der Waals surface area contributed by atoms with Gasteiger partial charge in [-0.1, -0.05) is 12.1 Å². The van der Waals surface area contributed by atoms with Crippen molar-refractivity contribution < 1.29 is 19.0 Å². The summed E-state index contributed by atoms with van der Waals surface area (Å²) in [5.74, 6) is 1.86. The van der Waals surface area contributed by atoms with Crippen LogP contribution in [0.4, 0.5) is 0 Å². The van der Waals surface area contributed by atoms with Gasteiger partial charge in [-0.25, -0.2) is 4.98 Å². The van der Waals surface area contributed by atoms with Crippen LogP contribution in [0.3, 0.4) is 0 Å². The van der Waals surface area contributed by atoms with Crippen molar-refractivity contribution in [2.24, 2.45) is 0 Å². The Labute approximate surface area is 159 Å². The average molecular weight is 368 g/mol. The molecule has 1 fully saturated rings. The largest absolute Gasteiger partial charge is 0.493 e. The summed E-state index contributed by atoms with van der Waals surface area (Å²) in [6, 6.07) is 11.2. The van der Waals surface area contributed by atoms with Crippen LogP contribution in [0.1, 0.15) is 17.7 Å². The molecule has 0 saturated carbocycles. The molecule has 1 saturated heterocycles. The zero-order valence-corrected chi connectivity index (χ0v) is 15.8. The Morgan fingerprint density at radius 1 is 1.19 bits per heavy atom. The second-order valence-electron chi connectivity index (χ2n) is 6.38. The predicted molar refractivity (Wildman–Crippen MR) is 103 cm³/mol. The molecule has 2 heterocycles. The van der Waals surface area contributed by atoms with Crippen LogP contribution in [0.5, 0.6) is 17.4 Å². The van der Waals surface area contributed by atoms with Gasteiger partial charge in [-0.15, -0.1) is 0 Å². The first kappa shape index (κ1) is 18.8. The van der Waals surface area contributed by atoms with Crippen molar-refractivity contribution in [2.75, 3.05) is 27.3 Å². The van der Waals surface area contributed by atoms with Gasteiger partial charge in [0.25, 0.3) is 0 Å². The summed E-state index contributed by atoms with van der Waals surface area (Å²) in [5, 5.41) is 0. The molecule has 1 atom stereocenters. The van der Waals surface area contributed by atoms with Crippen LogP contribution in [-0.4, -0.2) is 49.2 Å². The number of rotatable bonds is 6. The van der Waals surface area contributed by atoms with E-state index in [2.05, 4.69) is 4.98 Å². The quantitative estimate of drug-likeness (QED) is 0.733. The molecule has 27 heavy (non-hydrogen) atoms. The van der Waals surface area contributed by atoms with Gasteiger partial charge in [-0.3, -0.25) is 4.79 Å². The SMILES string of the molecule is COc1ccc(/C=C/C(=O)N2CCC(Oc3cccc(C)n3)C2)cc1OC. The highest BCUT2D eigenvalue weighted by molar-refractivity contribution is 5.92. The molecule has 0 radical (unpaired) electrons. The molecular weight excluding hydrogens is 344 g/mol. The molecule has 1 amide bonds. The lowest BCUT2D eigenvalue weighted by molar-refractivity contribution is -0.125. The number of aryl methyl sites for hydroxylation is 1. The number of aromatic nitrogens is 1.